The molecule has 25 heavy (non-hydrogen) atoms. The zero-order chi connectivity index (χ0) is 16.6. The highest BCUT2D eigenvalue weighted by molar-refractivity contribution is 9.10. The van der Waals surface area contributed by atoms with Crippen molar-refractivity contribution in [2.24, 2.45) is 5.73 Å². The van der Waals surface area contributed by atoms with Crippen LogP contribution < -0.4 is 11.1 Å². The lowest BCUT2D eigenvalue weighted by atomic mass is 10.1. The number of hydrogen-bond donors (Lipinski definition) is 3. The quantitative estimate of drug-likeness (QED) is 0.424. The standard InChI is InChI=1S/C14H14BrClN4OS2.2ClH/c1-6(17)12(21)14-10(15)11-13(23-14)7(4-8(16)20-11)19-5-9-18-2-3-22-9;;/h2-4,6,12,21H,5,17H2,1H3,(H,19,20);2*1H/t6-,12?;;/m0../s1. The molecule has 11 heteroatoms. The molecule has 0 aliphatic rings. The van der Waals surface area contributed by atoms with Gasteiger partial charge in [-0.05, 0) is 22.9 Å². The van der Waals surface area contributed by atoms with E-state index in [1.807, 2.05) is 5.38 Å². The van der Waals surface area contributed by atoms with Crippen molar-refractivity contribution in [1.82, 2.24) is 9.97 Å². The number of anilines is 1. The van der Waals surface area contributed by atoms with Crippen molar-refractivity contribution in [3.8, 4) is 0 Å². The molecule has 0 spiro atoms. The molecule has 0 amide bonds. The summed E-state index contributed by atoms with van der Waals surface area (Å²) in [5.74, 6) is 0. The van der Waals surface area contributed by atoms with E-state index in [0.29, 0.717) is 11.7 Å². The Hall–Kier alpha value is -0.190. The molecular formula is C14H16BrCl3N4OS2. The monoisotopic (exact) mass is 504 g/mol. The molecular weight excluding hydrogens is 491 g/mol. The van der Waals surface area contributed by atoms with Crippen LogP contribution in [0, 0.1) is 0 Å². The molecule has 0 aromatic carbocycles. The van der Waals surface area contributed by atoms with E-state index in [1.54, 1.807) is 30.5 Å². The van der Waals surface area contributed by atoms with Crippen LogP contribution in [-0.2, 0) is 6.54 Å². The fourth-order valence-corrected chi connectivity index (χ4v) is 4.97. The summed E-state index contributed by atoms with van der Waals surface area (Å²) < 4.78 is 1.66. The van der Waals surface area contributed by atoms with E-state index in [1.165, 1.54) is 11.3 Å². The molecule has 1 unspecified atom stereocenters. The molecule has 3 rings (SSSR count). The molecule has 138 valence electrons. The summed E-state index contributed by atoms with van der Waals surface area (Å²) in [4.78, 5) is 9.37. The number of rotatable bonds is 5. The summed E-state index contributed by atoms with van der Waals surface area (Å²) in [5.41, 5.74) is 7.40. The first-order valence-corrected chi connectivity index (χ1v) is 9.68. The molecule has 2 atom stereocenters. The number of nitrogens with zero attached hydrogens (tertiary/aromatic N) is 2. The molecule has 0 aliphatic carbocycles. The minimum absolute atomic E-state index is 0. The van der Waals surface area contributed by atoms with Crippen molar-refractivity contribution in [2.45, 2.75) is 25.6 Å². The van der Waals surface area contributed by atoms with Crippen molar-refractivity contribution in [3.05, 3.63) is 37.2 Å². The van der Waals surface area contributed by atoms with Gasteiger partial charge in [-0.3, -0.25) is 0 Å². The number of nitrogens with one attached hydrogen (secondary N) is 1. The van der Waals surface area contributed by atoms with Gasteiger partial charge in [0.15, 0.2) is 0 Å². The van der Waals surface area contributed by atoms with Crippen LogP contribution in [0.2, 0.25) is 5.15 Å². The SMILES string of the molecule is C[C@H](N)C(O)c1sc2c(NCc3nccs3)cc(Cl)nc2c1Br.Cl.Cl. The van der Waals surface area contributed by atoms with Gasteiger partial charge in [-0.15, -0.1) is 47.5 Å². The van der Waals surface area contributed by atoms with Gasteiger partial charge in [-0.25, -0.2) is 9.97 Å². The zero-order valence-corrected chi connectivity index (χ0v) is 18.5. The maximum Gasteiger partial charge on any atom is 0.131 e. The van der Waals surface area contributed by atoms with E-state index in [4.69, 9.17) is 17.3 Å². The number of thiophene rings is 1. The van der Waals surface area contributed by atoms with Gasteiger partial charge in [-0.1, -0.05) is 11.6 Å². The summed E-state index contributed by atoms with van der Waals surface area (Å²) in [7, 11) is 0. The van der Waals surface area contributed by atoms with Gasteiger partial charge in [0.1, 0.15) is 16.3 Å². The third-order valence-electron chi connectivity index (χ3n) is 3.26. The fourth-order valence-electron chi connectivity index (χ4n) is 2.10. The van der Waals surface area contributed by atoms with Crippen molar-refractivity contribution in [3.63, 3.8) is 0 Å². The average Bonchev–Trinajstić information content (AvgIpc) is 3.13. The Morgan fingerprint density at radius 3 is 2.76 bits per heavy atom. The number of thiazole rings is 1. The number of aromatic nitrogens is 2. The summed E-state index contributed by atoms with van der Waals surface area (Å²) in [6, 6.07) is 1.41. The van der Waals surface area contributed by atoms with Gasteiger partial charge in [0.25, 0.3) is 0 Å². The fraction of sp³-hybridized carbons (Fsp3) is 0.286. The lowest BCUT2D eigenvalue weighted by molar-refractivity contribution is 0.156. The number of aliphatic hydroxyl groups is 1. The van der Waals surface area contributed by atoms with E-state index < -0.39 is 6.10 Å². The van der Waals surface area contributed by atoms with Crippen LogP contribution in [0.15, 0.2) is 22.1 Å². The Morgan fingerprint density at radius 2 is 2.16 bits per heavy atom. The highest BCUT2D eigenvalue weighted by Crippen LogP contribution is 2.43. The minimum atomic E-state index is -0.755. The van der Waals surface area contributed by atoms with Crippen LogP contribution in [-0.4, -0.2) is 21.1 Å². The molecule has 0 saturated carbocycles. The zero-order valence-electron chi connectivity index (χ0n) is 12.9. The average molecular weight is 507 g/mol. The molecule has 4 N–H and O–H groups in total. The van der Waals surface area contributed by atoms with E-state index in [-0.39, 0.29) is 30.9 Å². The lowest BCUT2D eigenvalue weighted by Gasteiger charge is -2.12. The number of fused-ring (bicyclic) bond motifs is 1. The Balaban J connectivity index is 0.00000156. The Kier molecular flexibility index (Phi) is 8.83. The second kappa shape index (κ2) is 9.66. The summed E-state index contributed by atoms with van der Waals surface area (Å²) in [6.45, 7) is 2.37. The van der Waals surface area contributed by atoms with Gasteiger partial charge >= 0.3 is 0 Å². The normalized spacial score (nSPS) is 13.0. The van der Waals surface area contributed by atoms with E-state index in [9.17, 15) is 5.11 Å². The van der Waals surface area contributed by atoms with Crippen LogP contribution in [0.3, 0.4) is 0 Å². The van der Waals surface area contributed by atoms with E-state index in [2.05, 4.69) is 31.2 Å². The second-order valence-corrected chi connectivity index (χ2v) is 8.25. The largest absolute Gasteiger partial charge is 0.386 e. The Labute approximate surface area is 179 Å². The number of halogens is 4. The van der Waals surface area contributed by atoms with Crippen molar-refractivity contribution < 1.29 is 5.11 Å². The molecule has 3 heterocycles. The minimum Gasteiger partial charge on any atom is -0.386 e. The molecule has 0 aliphatic heterocycles. The Bertz CT molecular complexity index is 829. The maximum atomic E-state index is 10.3. The molecule has 0 bridgehead atoms. The van der Waals surface area contributed by atoms with Gasteiger partial charge in [-0.2, -0.15) is 0 Å². The molecule has 0 radical (unpaired) electrons. The van der Waals surface area contributed by atoms with Crippen LogP contribution in [0.5, 0.6) is 0 Å². The predicted octanol–water partition coefficient (Wildman–Crippen LogP) is 5.01. The Morgan fingerprint density at radius 1 is 1.44 bits per heavy atom. The van der Waals surface area contributed by atoms with Crippen molar-refractivity contribution >= 4 is 90.9 Å². The van der Waals surface area contributed by atoms with Crippen molar-refractivity contribution in [1.29, 1.82) is 0 Å². The van der Waals surface area contributed by atoms with Crippen LogP contribution in [0.4, 0.5) is 5.69 Å². The summed E-state index contributed by atoms with van der Waals surface area (Å²) in [5, 5.41) is 16.9. The van der Waals surface area contributed by atoms with E-state index >= 15 is 0 Å². The maximum absolute atomic E-state index is 10.3. The summed E-state index contributed by atoms with van der Waals surface area (Å²) >= 11 is 12.7. The molecule has 3 aromatic heterocycles. The highest BCUT2D eigenvalue weighted by atomic mass is 79.9. The highest BCUT2D eigenvalue weighted by Gasteiger charge is 2.23. The van der Waals surface area contributed by atoms with Gasteiger partial charge in [0.05, 0.1) is 31.8 Å². The number of hydrogen-bond acceptors (Lipinski definition) is 7. The number of nitrogens with two attached hydrogens (primary N) is 1. The smallest absolute Gasteiger partial charge is 0.131 e. The van der Waals surface area contributed by atoms with Gasteiger partial charge in [0, 0.05) is 23.7 Å². The molecule has 5 nitrogen and oxygen atoms in total. The van der Waals surface area contributed by atoms with Crippen molar-refractivity contribution in [2.75, 3.05) is 5.32 Å². The first kappa shape index (κ1) is 22.9. The molecule has 0 fully saturated rings. The predicted molar refractivity (Wildman–Crippen MR) is 115 cm³/mol. The molecule has 0 saturated heterocycles. The second-order valence-electron chi connectivity index (χ2n) is 5.03. The van der Waals surface area contributed by atoms with Gasteiger partial charge < -0.3 is 16.2 Å². The topological polar surface area (TPSA) is 84.1 Å². The third-order valence-corrected chi connectivity index (χ3v) is 6.58. The number of pyridine rings is 1. The van der Waals surface area contributed by atoms with Crippen LogP contribution in [0.1, 0.15) is 22.9 Å². The number of aliphatic hydroxyl groups excluding tert-OH is 1. The molecule has 3 aromatic rings. The summed E-state index contributed by atoms with van der Waals surface area (Å²) in [6.07, 6.45) is 1.02. The van der Waals surface area contributed by atoms with E-state index in [0.717, 1.165) is 30.3 Å². The third kappa shape index (κ3) is 4.95. The van der Waals surface area contributed by atoms with Gasteiger partial charge in [0.2, 0.25) is 0 Å². The first-order chi connectivity index (χ1) is 11.0. The lowest BCUT2D eigenvalue weighted by Crippen LogP contribution is -2.23. The first-order valence-electron chi connectivity index (χ1n) is 6.81. The van der Waals surface area contributed by atoms with Crippen LogP contribution in [0.25, 0.3) is 10.2 Å². The van der Waals surface area contributed by atoms with Crippen LogP contribution >= 0.6 is 75.0 Å².